The number of hydrogen-bond donors (Lipinski definition) is 1. The van der Waals surface area contributed by atoms with Crippen LogP contribution in [0.5, 0.6) is 5.75 Å². The fraction of sp³-hybridized carbons (Fsp3) is 0.467. The van der Waals surface area contributed by atoms with Crippen molar-refractivity contribution in [2.75, 3.05) is 0 Å². The second-order valence-corrected chi connectivity index (χ2v) is 5.24. The van der Waals surface area contributed by atoms with Gasteiger partial charge in [-0.25, -0.2) is 4.98 Å². The summed E-state index contributed by atoms with van der Waals surface area (Å²) in [6, 6.07) is 5.46. The lowest BCUT2D eigenvalue weighted by Crippen LogP contribution is -2.09. The Morgan fingerprint density at radius 3 is 3.05 bits per heavy atom. The molecule has 1 aliphatic carbocycles. The standard InChI is InChI=1S/C15H18N2O2/c18-15(8-5-11-3-1-2-4-11)19-12-6-7-13-14(9-12)17-10-16-13/h6-7,9-11H,1-5,8H2,(H,16,17). The van der Waals surface area contributed by atoms with Gasteiger partial charge in [-0.15, -0.1) is 0 Å². The third kappa shape index (κ3) is 2.95. The summed E-state index contributed by atoms with van der Waals surface area (Å²) in [7, 11) is 0. The minimum atomic E-state index is -0.134. The van der Waals surface area contributed by atoms with E-state index in [0.29, 0.717) is 12.2 Å². The lowest BCUT2D eigenvalue weighted by atomic mass is 10.0. The minimum absolute atomic E-state index is 0.134. The molecule has 0 amide bonds. The van der Waals surface area contributed by atoms with Gasteiger partial charge in [0.05, 0.1) is 17.4 Å². The third-order valence-electron chi connectivity index (χ3n) is 3.85. The average molecular weight is 258 g/mol. The molecule has 2 aromatic rings. The first kappa shape index (κ1) is 12.2. The van der Waals surface area contributed by atoms with Crippen molar-refractivity contribution in [1.82, 2.24) is 9.97 Å². The molecule has 0 unspecified atom stereocenters. The number of hydrogen-bond acceptors (Lipinski definition) is 3. The van der Waals surface area contributed by atoms with E-state index < -0.39 is 0 Å². The number of nitrogens with one attached hydrogen (secondary N) is 1. The number of ether oxygens (including phenoxy) is 1. The Hall–Kier alpha value is -1.84. The zero-order chi connectivity index (χ0) is 13.1. The fourth-order valence-corrected chi connectivity index (χ4v) is 2.78. The van der Waals surface area contributed by atoms with Crippen molar-refractivity contribution in [1.29, 1.82) is 0 Å². The number of rotatable bonds is 4. The highest BCUT2D eigenvalue weighted by Gasteiger charge is 2.17. The number of esters is 1. The van der Waals surface area contributed by atoms with Gasteiger partial charge in [0.25, 0.3) is 0 Å². The van der Waals surface area contributed by atoms with Gasteiger partial charge < -0.3 is 9.72 Å². The first-order valence-electron chi connectivity index (χ1n) is 6.95. The molecule has 0 aliphatic heterocycles. The normalized spacial score (nSPS) is 16.0. The van der Waals surface area contributed by atoms with Gasteiger partial charge in [-0.2, -0.15) is 0 Å². The molecule has 3 rings (SSSR count). The largest absolute Gasteiger partial charge is 0.426 e. The molecule has 1 aliphatic rings. The summed E-state index contributed by atoms with van der Waals surface area (Å²) in [5.41, 5.74) is 1.77. The molecule has 0 atom stereocenters. The summed E-state index contributed by atoms with van der Waals surface area (Å²) in [6.45, 7) is 0. The third-order valence-corrected chi connectivity index (χ3v) is 3.85. The second kappa shape index (κ2) is 5.43. The van der Waals surface area contributed by atoms with E-state index in [-0.39, 0.29) is 5.97 Å². The number of benzene rings is 1. The van der Waals surface area contributed by atoms with Crippen LogP contribution in [0.2, 0.25) is 0 Å². The zero-order valence-corrected chi connectivity index (χ0v) is 10.9. The summed E-state index contributed by atoms with van der Waals surface area (Å²) in [5.74, 6) is 1.18. The van der Waals surface area contributed by atoms with Crippen molar-refractivity contribution in [2.45, 2.75) is 38.5 Å². The molecule has 0 spiro atoms. The van der Waals surface area contributed by atoms with E-state index in [4.69, 9.17) is 4.74 Å². The molecule has 0 bridgehead atoms. The van der Waals surface area contributed by atoms with Crippen molar-refractivity contribution in [3.05, 3.63) is 24.5 Å². The first-order valence-corrected chi connectivity index (χ1v) is 6.95. The number of carbonyl (C=O) groups excluding carboxylic acids is 1. The number of aromatic amines is 1. The molecule has 0 radical (unpaired) electrons. The predicted octanol–water partition coefficient (Wildman–Crippen LogP) is 3.44. The van der Waals surface area contributed by atoms with E-state index in [2.05, 4.69) is 9.97 Å². The van der Waals surface area contributed by atoms with Gasteiger partial charge in [-0.3, -0.25) is 4.79 Å². The van der Waals surface area contributed by atoms with Crippen LogP contribution in [0.4, 0.5) is 0 Å². The maximum atomic E-state index is 11.8. The fourth-order valence-electron chi connectivity index (χ4n) is 2.78. The highest BCUT2D eigenvalue weighted by atomic mass is 16.5. The van der Waals surface area contributed by atoms with Crippen LogP contribution in [0.1, 0.15) is 38.5 Å². The van der Waals surface area contributed by atoms with Crippen molar-refractivity contribution < 1.29 is 9.53 Å². The predicted molar refractivity (Wildman–Crippen MR) is 72.9 cm³/mol. The first-order chi connectivity index (χ1) is 9.31. The van der Waals surface area contributed by atoms with Gasteiger partial charge in [-0.1, -0.05) is 25.7 Å². The smallest absolute Gasteiger partial charge is 0.311 e. The van der Waals surface area contributed by atoms with Crippen LogP contribution in [0.15, 0.2) is 24.5 Å². The second-order valence-electron chi connectivity index (χ2n) is 5.24. The lowest BCUT2D eigenvalue weighted by molar-refractivity contribution is -0.134. The van der Waals surface area contributed by atoms with Crippen molar-refractivity contribution in [2.24, 2.45) is 5.92 Å². The van der Waals surface area contributed by atoms with Gasteiger partial charge >= 0.3 is 5.97 Å². The molecule has 1 saturated carbocycles. The summed E-state index contributed by atoms with van der Waals surface area (Å²) in [5, 5.41) is 0. The Morgan fingerprint density at radius 1 is 1.37 bits per heavy atom. The monoisotopic (exact) mass is 258 g/mol. The molecule has 4 heteroatoms. The Kier molecular flexibility index (Phi) is 3.49. The number of carbonyl (C=O) groups is 1. The topological polar surface area (TPSA) is 55.0 Å². The van der Waals surface area contributed by atoms with E-state index in [1.807, 2.05) is 12.1 Å². The van der Waals surface area contributed by atoms with Gasteiger partial charge in [0.1, 0.15) is 5.75 Å². The van der Waals surface area contributed by atoms with Crippen LogP contribution in [-0.2, 0) is 4.79 Å². The molecular formula is C15H18N2O2. The van der Waals surface area contributed by atoms with Crippen molar-refractivity contribution in [3.8, 4) is 5.75 Å². The summed E-state index contributed by atoms with van der Waals surface area (Å²) in [4.78, 5) is 18.9. The van der Waals surface area contributed by atoms with Crippen molar-refractivity contribution >= 4 is 17.0 Å². The van der Waals surface area contributed by atoms with Crippen molar-refractivity contribution in [3.63, 3.8) is 0 Å². The van der Waals surface area contributed by atoms with Crippen LogP contribution >= 0.6 is 0 Å². The number of aromatic nitrogens is 2. The molecule has 19 heavy (non-hydrogen) atoms. The summed E-state index contributed by atoms with van der Waals surface area (Å²) < 4.78 is 5.36. The molecule has 1 aromatic heterocycles. The SMILES string of the molecule is O=C(CCC1CCCC1)Oc1ccc2nc[nH]c2c1. The quantitative estimate of drug-likeness (QED) is 0.675. The number of fused-ring (bicyclic) bond motifs is 1. The Labute approximate surface area is 112 Å². The van der Waals surface area contributed by atoms with Gasteiger partial charge in [0, 0.05) is 12.5 Å². The average Bonchev–Trinajstić information content (AvgIpc) is 3.07. The number of imidazole rings is 1. The number of nitrogens with zero attached hydrogens (tertiary/aromatic N) is 1. The van der Waals surface area contributed by atoms with E-state index in [1.165, 1.54) is 25.7 Å². The summed E-state index contributed by atoms with van der Waals surface area (Å²) in [6.07, 6.45) is 8.29. The number of H-pyrrole nitrogens is 1. The zero-order valence-electron chi connectivity index (χ0n) is 10.9. The highest BCUT2D eigenvalue weighted by Crippen LogP contribution is 2.28. The van der Waals surface area contributed by atoms with Gasteiger partial charge in [0.15, 0.2) is 0 Å². The van der Waals surface area contributed by atoms with Crippen LogP contribution in [-0.4, -0.2) is 15.9 Å². The molecule has 1 N–H and O–H groups in total. The maximum absolute atomic E-state index is 11.8. The van der Waals surface area contributed by atoms with Crippen LogP contribution < -0.4 is 4.74 Å². The van der Waals surface area contributed by atoms with E-state index in [9.17, 15) is 4.79 Å². The molecule has 1 aromatic carbocycles. The Bertz CT molecular complexity index is 570. The molecular weight excluding hydrogens is 240 g/mol. The summed E-state index contributed by atoms with van der Waals surface area (Å²) >= 11 is 0. The van der Waals surface area contributed by atoms with Gasteiger partial charge in [0.2, 0.25) is 0 Å². The maximum Gasteiger partial charge on any atom is 0.311 e. The molecule has 100 valence electrons. The van der Waals surface area contributed by atoms with E-state index in [1.54, 1.807) is 12.4 Å². The molecule has 1 heterocycles. The molecule has 1 fully saturated rings. The van der Waals surface area contributed by atoms with Crippen LogP contribution in [0, 0.1) is 5.92 Å². The Balaban J connectivity index is 1.55. The Morgan fingerprint density at radius 2 is 2.21 bits per heavy atom. The van der Waals surface area contributed by atoms with E-state index >= 15 is 0 Å². The molecule has 4 nitrogen and oxygen atoms in total. The van der Waals surface area contributed by atoms with Crippen LogP contribution in [0.25, 0.3) is 11.0 Å². The van der Waals surface area contributed by atoms with E-state index in [0.717, 1.165) is 23.4 Å². The lowest BCUT2D eigenvalue weighted by Gasteiger charge is -2.08. The highest BCUT2D eigenvalue weighted by molar-refractivity contribution is 5.78. The van der Waals surface area contributed by atoms with Gasteiger partial charge in [-0.05, 0) is 24.5 Å². The minimum Gasteiger partial charge on any atom is -0.426 e. The molecule has 0 saturated heterocycles. The van der Waals surface area contributed by atoms with Crippen LogP contribution in [0.3, 0.4) is 0 Å².